The fourth-order valence-corrected chi connectivity index (χ4v) is 3.82. The summed E-state index contributed by atoms with van der Waals surface area (Å²) in [6.45, 7) is -2.14. The van der Waals surface area contributed by atoms with Crippen molar-refractivity contribution < 1.29 is 74.7 Å². The zero-order chi connectivity index (χ0) is 23.7. The van der Waals surface area contributed by atoms with Crippen LogP contribution in [0.3, 0.4) is 0 Å². The van der Waals surface area contributed by atoms with Crippen LogP contribution in [0, 0.1) is 0 Å². The zero-order valence-corrected chi connectivity index (χ0v) is 16.7. The lowest BCUT2D eigenvalue weighted by molar-refractivity contribution is -0.376. The summed E-state index contributed by atoms with van der Waals surface area (Å²) < 4.78 is 26.5. The van der Waals surface area contributed by atoms with E-state index in [1.54, 1.807) is 0 Å². The van der Waals surface area contributed by atoms with Gasteiger partial charge < -0.3 is 74.7 Å². The molecule has 0 aliphatic carbocycles. The Labute approximate surface area is 181 Å². The lowest BCUT2D eigenvalue weighted by Crippen LogP contribution is -2.65. The molecule has 0 bridgehead atoms. The van der Waals surface area contributed by atoms with Gasteiger partial charge in [-0.15, -0.1) is 0 Å². The maximum absolute atomic E-state index is 10.5. The Morgan fingerprint density at radius 1 is 0.469 bits per heavy atom. The highest BCUT2D eigenvalue weighted by molar-refractivity contribution is 4.95. The minimum atomic E-state index is -1.85. The molecule has 0 aromatic carbocycles. The number of rotatable bonds is 7. The monoisotopic (exact) mass is 474 g/mol. The fraction of sp³-hybridized carbons (Fsp3) is 1.00. The number of ether oxygens (including phenoxy) is 5. The van der Waals surface area contributed by atoms with Crippen molar-refractivity contribution in [3.8, 4) is 0 Å². The van der Waals surface area contributed by atoms with Gasteiger partial charge in [0.1, 0.15) is 67.1 Å². The van der Waals surface area contributed by atoms with E-state index in [2.05, 4.69) is 0 Å². The molecule has 0 radical (unpaired) electrons. The summed E-state index contributed by atoms with van der Waals surface area (Å²) in [5.41, 5.74) is 0. The van der Waals surface area contributed by atoms with Gasteiger partial charge in [0.2, 0.25) is 0 Å². The molecule has 32 heavy (non-hydrogen) atoms. The Balaban J connectivity index is 1.80. The van der Waals surface area contributed by atoms with Gasteiger partial charge in [-0.1, -0.05) is 0 Å². The number of aliphatic hydroxyl groups is 10. The van der Waals surface area contributed by atoms with E-state index in [0.717, 1.165) is 0 Å². The van der Waals surface area contributed by atoms with E-state index in [4.69, 9.17) is 23.7 Å². The second-order valence-electron chi connectivity index (χ2n) is 7.84. The van der Waals surface area contributed by atoms with Crippen LogP contribution >= 0.6 is 0 Å². The van der Waals surface area contributed by atoms with Gasteiger partial charge in [-0.25, -0.2) is 0 Å². The van der Waals surface area contributed by atoms with Crippen LogP contribution in [0.15, 0.2) is 0 Å². The molecule has 3 aliphatic heterocycles. The highest BCUT2D eigenvalue weighted by Crippen LogP contribution is 2.32. The molecule has 14 atom stereocenters. The summed E-state index contributed by atoms with van der Waals surface area (Å²) in [7, 11) is 0. The molecule has 3 fully saturated rings. The van der Waals surface area contributed by atoms with Crippen LogP contribution in [0.2, 0.25) is 0 Å². The van der Waals surface area contributed by atoms with E-state index in [9.17, 15) is 51.1 Å². The van der Waals surface area contributed by atoms with Crippen LogP contribution in [0.4, 0.5) is 0 Å². The minimum Gasteiger partial charge on any atom is -0.394 e. The molecule has 0 spiro atoms. The van der Waals surface area contributed by atoms with E-state index in [1.807, 2.05) is 0 Å². The summed E-state index contributed by atoms with van der Waals surface area (Å²) in [4.78, 5) is 0. The van der Waals surface area contributed by atoms with Crippen LogP contribution in [-0.2, 0) is 23.7 Å². The predicted octanol–water partition coefficient (Wildman–Crippen LogP) is -6.93. The molecule has 0 unspecified atom stereocenters. The Bertz CT molecular complexity index is 594. The van der Waals surface area contributed by atoms with E-state index < -0.39 is 106 Å². The van der Waals surface area contributed by atoms with Crippen LogP contribution in [-0.4, -0.2) is 157 Å². The van der Waals surface area contributed by atoms with Crippen molar-refractivity contribution in [3.63, 3.8) is 0 Å². The Hall–Kier alpha value is -0.600. The highest BCUT2D eigenvalue weighted by Gasteiger charge is 2.53. The standard InChI is InChI=1S/C17H30O15/c18-1-4-7(21)10(24)12(26)16(29-4)32-14-11(25)8(22)5(2-19)30-17(14)31-13-9(23)6(3-20)28-15(13)27/h4-27H,1-3H2/t4-,5-,6-,7-,8-,9-,10+,11+,12+,13+,14+,15+,16-,17-/m1/s1. The molecule has 0 saturated carbocycles. The van der Waals surface area contributed by atoms with E-state index >= 15 is 0 Å². The van der Waals surface area contributed by atoms with Gasteiger partial charge in [0.15, 0.2) is 18.9 Å². The van der Waals surface area contributed by atoms with Crippen molar-refractivity contribution in [3.05, 3.63) is 0 Å². The van der Waals surface area contributed by atoms with Gasteiger partial charge >= 0.3 is 0 Å². The van der Waals surface area contributed by atoms with Crippen molar-refractivity contribution in [1.29, 1.82) is 0 Å². The molecule has 3 aliphatic rings. The summed E-state index contributed by atoms with van der Waals surface area (Å²) in [6.07, 6.45) is -22.6. The maximum atomic E-state index is 10.5. The first-order valence-electron chi connectivity index (χ1n) is 10.0. The van der Waals surface area contributed by atoms with E-state index in [-0.39, 0.29) is 0 Å². The number of hydrogen-bond donors (Lipinski definition) is 10. The molecule has 15 nitrogen and oxygen atoms in total. The first kappa shape index (κ1) is 26.0. The van der Waals surface area contributed by atoms with Crippen LogP contribution in [0.1, 0.15) is 0 Å². The smallest absolute Gasteiger partial charge is 0.187 e. The van der Waals surface area contributed by atoms with Crippen molar-refractivity contribution in [1.82, 2.24) is 0 Å². The van der Waals surface area contributed by atoms with E-state index in [0.29, 0.717) is 0 Å². The lowest BCUT2D eigenvalue weighted by Gasteiger charge is -2.46. The summed E-state index contributed by atoms with van der Waals surface area (Å²) >= 11 is 0. The molecular formula is C17H30O15. The average Bonchev–Trinajstić information content (AvgIpc) is 3.05. The molecule has 10 N–H and O–H groups in total. The Morgan fingerprint density at radius 2 is 0.938 bits per heavy atom. The molecule has 0 aromatic heterocycles. The molecular weight excluding hydrogens is 444 g/mol. The van der Waals surface area contributed by atoms with Gasteiger partial charge in [0.05, 0.1) is 19.8 Å². The second kappa shape index (κ2) is 10.8. The van der Waals surface area contributed by atoms with Crippen LogP contribution in [0.25, 0.3) is 0 Å². The molecule has 3 rings (SSSR count). The summed E-state index contributed by atoms with van der Waals surface area (Å²) in [5, 5.41) is 98.8. The molecule has 188 valence electrons. The molecule has 15 heteroatoms. The minimum absolute atomic E-state index is 0.644. The Kier molecular flexibility index (Phi) is 8.75. The maximum Gasteiger partial charge on any atom is 0.187 e. The second-order valence-corrected chi connectivity index (χ2v) is 7.84. The molecule has 3 saturated heterocycles. The third kappa shape index (κ3) is 4.92. The van der Waals surface area contributed by atoms with Gasteiger partial charge in [-0.05, 0) is 0 Å². The fourth-order valence-electron chi connectivity index (χ4n) is 3.82. The Morgan fingerprint density at radius 3 is 1.47 bits per heavy atom. The van der Waals surface area contributed by atoms with Crippen molar-refractivity contribution >= 4 is 0 Å². The van der Waals surface area contributed by atoms with Gasteiger partial charge in [0.25, 0.3) is 0 Å². The zero-order valence-electron chi connectivity index (χ0n) is 16.7. The lowest BCUT2D eigenvalue weighted by atomic mass is 9.97. The normalized spacial score (nSPS) is 52.3. The number of aliphatic hydroxyl groups excluding tert-OH is 10. The molecule has 0 amide bonds. The van der Waals surface area contributed by atoms with Crippen LogP contribution < -0.4 is 0 Å². The number of hydrogen-bond acceptors (Lipinski definition) is 15. The van der Waals surface area contributed by atoms with Crippen molar-refractivity contribution in [2.24, 2.45) is 0 Å². The van der Waals surface area contributed by atoms with Crippen molar-refractivity contribution in [2.45, 2.75) is 86.0 Å². The van der Waals surface area contributed by atoms with E-state index in [1.165, 1.54) is 0 Å². The van der Waals surface area contributed by atoms with Crippen molar-refractivity contribution in [2.75, 3.05) is 19.8 Å². The van der Waals surface area contributed by atoms with Crippen LogP contribution in [0.5, 0.6) is 0 Å². The average molecular weight is 474 g/mol. The van der Waals surface area contributed by atoms with Gasteiger partial charge in [-0.2, -0.15) is 0 Å². The molecule has 3 heterocycles. The quantitative estimate of drug-likeness (QED) is 0.165. The van der Waals surface area contributed by atoms with Gasteiger partial charge in [0, 0.05) is 0 Å². The van der Waals surface area contributed by atoms with Gasteiger partial charge in [-0.3, -0.25) is 0 Å². The summed E-state index contributed by atoms with van der Waals surface area (Å²) in [6, 6.07) is 0. The molecule has 0 aromatic rings. The first-order chi connectivity index (χ1) is 15.1. The predicted molar refractivity (Wildman–Crippen MR) is 95.2 cm³/mol. The third-order valence-electron chi connectivity index (χ3n) is 5.75. The SMILES string of the molecule is OC[C@H]1O[C@H](O[C@@H]2[C@@H](O[C@H]3[C@H](O)[C@@H](CO)O[C@@H]3O)O[C@H](CO)[C@@H](O)[C@@H]2O)[C@@H](O)[C@@H](O)[C@@H]1O. The first-order valence-corrected chi connectivity index (χ1v) is 10.0. The third-order valence-corrected chi connectivity index (χ3v) is 5.75. The highest BCUT2D eigenvalue weighted by atomic mass is 16.8. The largest absolute Gasteiger partial charge is 0.394 e. The summed E-state index contributed by atoms with van der Waals surface area (Å²) in [5.74, 6) is 0. The topological polar surface area (TPSA) is 248 Å².